The summed E-state index contributed by atoms with van der Waals surface area (Å²) in [6, 6.07) is 2.10. The fraction of sp³-hybridized carbons (Fsp3) is 0.455. The largest absolute Gasteiger partial charge is 0.475 e. The molecule has 0 bridgehead atoms. The van der Waals surface area contributed by atoms with Crippen molar-refractivity contribution in [1.29, 1.82) is 0 Å². The summed E-state index contributed by atoms with van der Waals surface area (Å²) in [5.41, 5.74) is 10.4. The van der Waals surface area contributed by atoms with Gasteiger partial charge in [0.15, 0.2) is 5.96 Å². The van der Waals surface area contributed by atoms with E-state index in [1.165, 1.54) is 13.0 Å². The number of hydrogen-bond acceptors (Lipinski definition) is 7. The van der Waals surface area contributed by atoms with Crippen molar-refractivity contribution in [3.8, 4) is 5.75 Å². The molecule has 36 heavy (non-hydrogen) atoms. The van der Waals surface area contributed by atoms with Gasteiger partial charge in [0.25, 0.3) is 0 Å². The van der Waals surface area contributed by atoms with Crippen LogP contribution in [0.4, 0.5) is 13.2 Å². The molecule has 5 N–H and O–H groups in total. The number of amides is 1. The highest BCUT2D eigenvalue weighted by molar-refractivity contribution is 9.10. The molecule has 1 aliphatic heterocycles. The normalized spacial score (nSPS) is 15.5. The first kappa shape index (κ1) is 28.9. The second kappa shape index (κ2) is 12.6. The second-order valence-corrected chi connectivity index (χ2v) is 8.70. The van der Waals surface area contributed by atoms with E-state index < -0.39 is 55.0 Å². The van der Waals surface area contributed by atoms with Gasteiger partial charge < -0.3 is 31.0 Å². The topological polar surface area (TPSA) is 155 Å². The number of guanidine groups is 1. The van der Waals surface area contributed by atoms with E-state index in [9.17, 15) is 27.6 Å². The molecule has 0 aliphatic carbocycles. The lowest BCUT2D eigenvalue weighted by atomic mass is 9.99. The third-order valence-electron chi connectivity index (χ3n) is 4.80. The number of alkyl halides is 3. The van der Waals surface area contributed by atoms with Crippen LogP contribution in [0.25, 0.3) is 6.08 Å². The molecule has 1 aliphatic rings. The van der Waals surface area contributed by atoms with Crippen molar-refractivity contribution in [1.82, 2.24) is 5.32 Å². The van der Waals surface area contributed by atoms with Crippen LogP contribution in [0, 0.1) is 6.92 Å². The minimum Gasteiger partial charge on any atom is -0.475 e. The van der Waals surface area contributed by atoms with E-state index in [1.54, 1.807) is 13.0 Å². The van der Waals surface area contributed by atoms with Gasteiger partial charge in [0.1, 0.15) is 25.0 Å². The number of nitrogens with one attached hydrogen (secondary N) is 1. The van der Waals surface area contributed by atoms with Crippen LogP contribution in [0.5, 0.6) is 5.75 Å². The predicted molar refractivity (Wildman–Crippen MR) is 127 cm³/mol. The molecule has 2 rings (SSSR count). The van der Waals surface area contributed by atoms with Crippen molar-refractivity contribution >= 4 is 45.8 Å². The molecule has 0 spiro atoms. The van der Waals surface area contributed by atoms with Crippen molar-refractivity contribution in [3.05, 3.63) is 33.3 Å². The molecule has 0 saturated carbocycles. The number of benzene rings is 1. The van der Waals surface area contributed by atoms with Crippen LogP contribution >= 0.6 is 15.9 Å². The van der Waals surface area contributed by atoms with Gasteiger partial charge in [0, 0.05) is 23.5 Å². The van der Waals surface area contributed by atoms with E-state index >= 15 is 0 Å². The molecule has 0 fully saturated rings. The lowest BCUT2D eigenvalue weighted by molar-refractivity contribution is -0.188. The van der Waals surface area contributed by atoms with Gasteiger partial charge in [-0.25, -0.2) is 9.59 Å². The number of ether oxygens (including phenoxy) is 3. The SMILES string of the molecule is CC(=O)N[C@@H](CCCN=C(N)N)C(=O)OCCOC(=O)C1=Cc2cc(Br)cc(C)c2OC1C(F)(F)F. The molecule has 0 aromatic heterocycles. The first-order chi connectivity index (χ1) is 16.8. The monoisotopic (exact) mass is 578 g/mol. The summed E-state index contributed by atoms with van der Waals surface area (Å²) >= 11 is 3.25. The fourth-order valence-electron chi connectivity index (χ4n) is 3.32. The Hall–Kier alpha value is -3.29. The first-order valence-corrected chi connectivity index (χ1v) is 11.5. The second-order valence-electron chi connectivity index (χ2n) is 7.79. The van der Waals surface area contributed by atoms with Crippen molar-refractivity contribution in [3.63, 3.8) is 0 Å². The van der Waals surface area contributed by atoms with E-state index in [-0.39, 0.29) is 30.2 Å². The number of hydrogen-bond donors (Lipinski definition) is 3. The van der Waals surface area contributed by atoms with Crippen LogP contribution in [0.15, 0.2) is 27.2 Å². The third kappa shape index (κ3) is 8.43. The summed E-state index contributed by atoms with van der Waals surface area (Å²) < 4.78 is 56.5. The molecule has 0 radical (unpaired) electrons. The summed E-state index contributed by atoms with van der Waals surface area (Å²) in [4.78, 5) is 39.9. The number of halogens is 4. The summed E-state index contributed by atoms with van der Waals surface area (Å²) in [5, 5.41) is 2.42. The summed E-state index contributed by atoms with van der Waals surface area (Å²) in [6.07, 6.45) is -5.81. The average Bonchev–Trinajstić information content (AvgIpc) is 2.76. The molecule has 0 saturated heterocycles. The number of carbonyl (C=O) groups excluding carboxylic acids is 3. The van der Waals surface area contributed by atoms with Gasteiger partial charge in [-0.2, -0.15) is 13.2 Å². The minimum absolute atomic E-state index is 0.00913. The third-order valence-corrected chi connectivity index (χ3v) is 5.26. The smallest absolute Gasteiger partial charge is 0.430 e. The highest BCUT2D eigenvalue weighted by Crippen LogP contribution is 2.40. The number of nitrogens with zero attached hydrogens (tertiary/aromatic N) is 1. The summed E-state index contributed by atoms with van der Waals surface area (Å²) in [6.45, 7) is 2.06. The lowest BCUT2D eigenvalue weighted by Crippen LogP contribution is -2.42. The summed E-state index contributed by atoms with van der Waals surface area (Å²) in [5.74, 6) is -2.67. The molecule has 10 nitrogen and oxygen atoms in total. The number of esters is 2. The van der Waals surface area contributed by atoms with Crippen LogP contribution in [0.3, 0.4) is 0 Å². The van der Waals surface area contributed by atoms with Gasteiger partial charge in [-0.3, -0.25) is 9.79 Å². The van der Waals surface area contributed by atoms with Crippen LogP contribution in [-0.2, 0) is 23.9 Å². The molecule has 14 heteroatoms. The number of aryl methyl sites for hydroxylation is 1. The Morgan fingerprint density at radius 1 is 1.22 bits per heavy atom. The van der Waals surface area contributed by atoms with Crippen LogP contribution in [-0.4, -0.2) is 61.9 Å². The molecule has 1 aromatic carbocycles. The highest BCUT2D eigenvalue weighted by atomic mass is 79.9. The standard InChI is InChI=1S/C22H26BrF3N4O6/c1-11-8-14(23)9-13-10-15(18(22(24,25)26)36-17(11)13)19(32)34-6-7-35-20(33)16(30-12(2)31)4-3-5-29-21(27)28/h8-10,16,18H,3-7H2,1-2H3,(H,30,31)(H4,27,28,29)/t16-,18?/m0/s1. The number of nitrogens with two attached hydrogens (primary N) is 2. The van der Waals surface area contributed by atoms with Crippen molar-refractivity contribution in [2.24, 2.45) is 16.5 Å². The molecule has 2 atom stereocenters. The predicted octanol–water partition coefficient (Wildman–Crippen LogP) is 2.11. The maximum Gasteiger partial charge on any atom is 0.430 e. The van der Waals surface area contributed by atoms with Gasteiger partial charge >= 0.3 is 18.1 Å². The fourth-order valence-corrected chi connectivity index (χ4v) is 3.91. The van der Waals surface area contributed by atoms with Crippen molar-refractivity contribution in [2.45, 2.75) is 45.0 Å². The number of fused-ring (bicyclic) bond motifs is 1. The van der Waals surface area contributed by atoms with E-state index in [1.807, 2.05) is 0 Å². The van der Waals surface area contributed by atoms with Gasteiger partial charge in [0.05, 0.1) is 5.57 Å². The van der Waals surface area contributed by atoms with Gasteiger partial charge in [-0.05, 0) is 43.5 Å². The maximum absolute atomic E-state index is 13.6. The highest BCUT2D eigenvalue weighted by Gasteiger charge is 2.49. The van der Waals surface area contributed by atoms with Crippen LogP contribution in [0.2, 0.25) is 0 Å². The molecule has 198 valence electrons. The average molecular weight is 579 g/mol. The quantitative estimate of drug-likeness (QED) is 0.165. The Morgan fingerprint density at radius 2 is 1.89 bits per heavy atom. The van der Waals surface area contributed by atoms with E-state index in [2.05, 4.69) is 26.2 Å². The van der Waals surface area contributed by atoms with Gasteiger partial charge in [0.2, 0.25) is 12.0 Å². The van der Waals surface area contributed by atoms with E-state index in [4.69, 9.17) is 25.7 Å². The minimum atomic E-state index is -4.88. The number of rotatable bonds is 10. The number of aliphatic imine (C=N–C) groups is 1. The Bertz CT molecular complexity index is 1060. The zero-order valence-corrected chi connectivity index (χ0v) is 21.1. The Labute approximate surface area is 213 Å². The van der Waals surface area contributed by atoms with Gasteiger partial charge in [-0.1, -0.05) is 15.9 Å². The van der Waals surface area contributed by atoms with Crippen LogP contribution in [0.1, 0.15) is 30.9 Å². The molecular weight excluding hydrogens is 553 g/mol. The van der Waals surface area contributed by atoms with Gasteiger partial charge in [-0.15, -0.1) is 0 Å². The molecule has 1 heterocycles. The Balaban J connectivity index is 2.00. The zero-order chi connectivity index (χ0) is 27.0. The molecule has 1 aromatic rings. The maximum atomic E-state index is 13.6. The molecular formula is C22H26BrF3N4O6. The first-order valence-electron chi connectivity index (χ1n) is 10.7. The number of carbonyl (C=O) groups is 3. The van der Waals surface area contributed by atoms with E-state index in [0.29, 0.717) is 16.5 Å². The molecule has 1 unspecified atom stereocenters. The van der Waals surface area contributed by atoms with Crippen LogP contribution < -0.4 is 21.5 Å². The lowest BCUT2D eigenvalue weighted by Gasteiger charge is -2.29. The molecule has 1 amide bonds. The van der Waals surface area contributed by atoms with Crippen molar-refractivity contribution < 1.29 is 41.8 Å². The van der Waals surface area contributed by atoms with Crippen molar-refractivity contribution in [2.75, 3.05) is 19.8 Å². The Kier molecular flexibility index (Phi) is 10.1. The Morgan fingerprint density at radius 3 is 2.50 bits per heavy atom. The summed E-state index contributed by atoms with van der Waals surface area (Å²) in [7, 11) is 0. The van der Waals surface area contributed by atoms with E-state index in [0.717, 1.165) is 6.08 Å². The zero-order valence-electron chi connectivity index (χ0n) is 19.5.